The Hall–Kier alpha value is -2.66. The molecule has 0 bridgehead atoms. The summed E-state index contributed by atoms with van der Waals surface area (Å²) in [5.41, 5.74) is 3.71. The second-order valence-corrected chi connectivity index (χ2v) is 8.45. The quantitative estimate of drug-likeness (QED) is 0.737. The molecule has 0 saturated carbocycles. The Balaban J connectivity index is 1.52. The molecule has 1 aliphatic rings. The molecule has 2 aromatic carbocycles. The van der Waals surface area contributed by atoms with Gasteiger partial charge < -0.3 is 15.0 Å². The van der Waals surface area contributed by atoms with E-state index in [1.54, 1.807) is 0 Å². The van der Waals surface area contributed by atoms with E-state index >= 15 is 0 Å². The first-order valence-electron chi connectivity index (χ1n) is 10.2. The summed E-state index contributed by atoms with van der Waals surface area (Å²) in [6.07, 6.45) is 0.367. The van der Waals surface area contributed by atoms with Crippen LogP contribution in [0.15, 0.2) is 48.5 Å². The Morgan fingerprint density at radius 1 is 1.00 bits per heavy atom. The number of anilines is 2. The monoisotopic (exact) mass is 394 g/mol. The Morgan fingerprint density at radius 3 is 2.34 bits per heavy atom. The summed E-state index contributed by atoms with van der Waals surface area (Å²) in [5.74, 6) is -0.161. The van der Waals surface area contributed by atoms with Gasteiger partial charge in [0.2, 0.25) is 5.91 Å². The van der Waals surface area contributed by atoms with Gasteiger partial charge in [-0.3, -0.25) is 9.59 Å². The lowest BCUT2D eigenvalue weighted by Gasteiger charge is -2.29. The molecule has 3 rings (SSSR count). The molecule has 1 saturated heterocycles. The Labute approximate surface area is 173 Å². The highest BCUT2D eigenvalue weighted by molar-refractivity contribution is 6.00. The summed E-state index contributed by atoms with van der Waals surface area (Å²) in [5, 5.41) is 2.91. The van der Waals surface area contributed by atoms with Crippen molar-refractivity contribution in [3.63, 3.8) is 0 Å². The lowest BCUT2D eigenvalue weighted by molar-refractivity contribution is -0.116. The van der Waals surface area contributed by atoms with E-state index in [1.165, 1.54) is 5.56 Å². The van der Waals surface area contributed by atoms with Crippen molar-refractivity contribution in [1.29, 1.82) is 0 Å². The van der Waals surface area contributed by atoms with Gasteiger partial charge in [-0.05, 0) is 29.2 Å². The minimum absolute atomic E-state index is 0.0114. The third-order valence-corrected chi connectivity index (χ3v) is 5.16. The number of rotatable bonds is 6. The third-order valence-electron chi connectivity index (χ3n) is 5.16. The number of morpholine rings is 1. The van der Waals surface area contributed by atoms with Gasteiger partial charge in [0.25, 0.3) is 0 Å². The number of Topliss-reactive ketones (excluding diaryl/α,β-unsaturated/α-hetero) is 1. The first-order valence-corrected chi connectivity index (χ1v) is 10.2. The average Bonchev–Trinajstić information content (AvgIpc) is 2.72. The van der Waals surface area contributed by atoms with Gasteiger partial charge in [0.15, 0.2) is 5.78 Å². The molecule has 0 atom stereocenters. The first-order chi connectivity index (χ1) is 13.8. The number of nitrogens with one attached hydrogen (secondary N) is 1. The maximum Gasteiger partial charge on any atom is 0.224 e. The number of benzene rings is 2. The lowest BCUT2D eigenvalue weighted by Crippen LogP contribution is -2.36. The van der Waals surface area contributed by atoms with E-state index in [1.807, 2.05) is 48.5 Å². The molecule has 0 aromatic heterocycles. The Kier molecular flexibility index (Phi) is 6.70. The molecule has 0 unspecified atom stereocenters. The minimum atomic E-state index is -0.149. The second kappa shape index (κ2) is 9.23. The molecule has 1 amide bonds. The molecule has 1 heterocycles. The van der Waals surface area contributed by atoms with Crippen LogP contribution in [0.3, 0.4) is 0 Å². The molecule has 0 aliphatic carbocycles. The number of ether oxygens (including phenoxy) is 1. The predicted octanol–water partition coefficient (Wildman–Crippen LogP) is 4.42. The highest BCUT2D eigenvalue weighted by Gasteiger charge is 2.15. The van der Waals surface area contributed by atoms with Gasteiger partial charge in [-0.2, -0.15) is 0 Å². The number of hydrogen-bond acceptors (Lipinski definition) is 4. The normalized spacial score (nSPS) is 14.5. The van der Waals surface area contributed by atoms with Crippen molar-refractivity contribution in [3.8, 4) is 0 Å². The molecule has 1 aliphatic heterocycles. The predicted molar refractivity (Wildman–Crippen MR) is 117 cm³/mol. The van der Waals surface area contributed by atoms with Crippen molar-refractivity contribution in [2.75, 3.05) is 36.5 Å². The maximum absolute atomic E-state index is 12.4. The van der Waals surface area contributed by atoms with Crippen LogP contribution in [0.25, 0.3) is 0 Å². The molecule has 1 fully saturated rings. The number of nitrogens with zero attached hydrogens (tertiary/aromatic N) is 1. The Bertz CT molecular complexity index is 847. The fraction of sp³-hybridized carbons (Fsp3) is 0.417. The van der Waals surface area contributed by atoms with Crippen molar-refractivity contribution in [1.82, 2.24) is 0 Å². The topological polar surface area (TPSA) is 58.6 Å². The maximum atomic E-state index is 12.4. The first kappa shape index (κ1) is 21.1. The van der Waals surface area contributed by atoms with Crippen LogP contribution < -0.4 is 10.2 Å². The lowest BCUT2D eigenvalue weighted by atomic mass is 9.86. The van der Waals surface area contributed by atoms with Crippen LogP contribution in [0.5, 0.6) is 0 Å². The standard InChI is InChI=1S/C24H30N2O3/c1-24(2,3)19-9-7-18(8-10-19)22(27)11-12-23(28)25-20-5-4-6-21(17-20)26-13-15-29-16-14-26/h4-10,17H,11-16H2,1-3H3,(H,25,28). The Morgan fingerprint density at radius 2 is 1.69 bits per heavy atom. The van der Waals surface area contributed by atoms with Crippen LogP contribution in [0, 0.1) is 0 Å². The van der Waals surface area contributed by atoms with E-state index in [4.69, 9.17) is 4.74 Å². The number of amides is 1. The van der Waals surface area contributed by atoms with Gasteiger partial charge in [0.05, 0.1) is 13.2 Å². The van der Waals surface area contributed by atoms with Crippen LogP contribution in [-0.4, -0.2) is 38.0 Å². The zero-order chi connectivity index (χ0) is 20.9. The number of carbonyl (C=O) groups is 2. The fourth-order valence-corrected chi connectivity index (χ4v) is 3.35. The molecule has 29 heavy (non-hydrogen) atoms. The van der Waals surface area contributed by atoms with Gasteiger partial charge in [-0.25, -0.2) is 0 Å². The largest absolute Gasteiger partial charge is 0.378 e. The zero-order valence-corrected chi connectivity index (χ0v) is 17.5. The van der Waals surface area contributed by atoms with Gasteiger partial charge in [-0.1, -0.05) is 51.1 Å². The summed E-state index contributed by atoms with van der Waals surface area (Å²) < 4.78 is 5.39. The fourth-order valence-electron chi connectivity index (χ4n) is 3.35. The summed E-state index contributed by atoms with van der Waals surface area (Å²) in [7, 11) is 0. The van der Waals surface area contributed by atoms with Crippen molar-refractivity contribution < 1.29 is 14.3 Å². The van der Waals surface area contributed by atoms with E-state index in [0.717, 1.165) is 37.7 Å². The van der Waals surface area contributed by atoms with E-state index in [-0.39, 0.29) is 29.9 Å². The molecule has 2 aromatic rings. The van der Waals surface area contributed by atoms with Crippen molar-refractivity contribution in [2.24, 2.45) is 0 Å². The van der Waals surface area contributed by atoms with Crippen molar-refractivity contribution >= 4 is 23.1 Å². The van der Waals surface area contributed by atoms with Gasteiger partial charge >= 0.3 is 0 Å². The minimum Gasteiger partial charge on any atom is -0.378 e. The van der Waals surface area contributed by atoms with Crippen LogP contribution in [0.4, 0.5) is 11.4 Å². The smallest absolute Gasteiger partial charge is 0.224 e. The van der Waals surface area contributed by atoms with Crippen LogP contribution in [-0.2, 0) is 14.9 Å². The van der Waals surface area contributed by atoms with E-state index < -0.39 is 0 Å². The molecule has 5 nitrogen and oxygen atoms in total. The molecule has 5 heteroatoms. The molecular formula is C24H30N2O3. The molecule has 154 valence electrons. The molecular weight excluding hydrogens is 364 g/mol. The second-order valence-electron chi connectivity index (χ2n) is 8.45. The van der Waals surface area contributed by atoms with Gasteiger partial charge in [-0.15, -0.1) is 0 Å². The summed E-state index contributed by atoms with van der Waals surface area (Å²) in [6, 6.07) is 15.5. The van der Waals surface area contributed by atoms with Crippen molar-refractivity contribution in [3.05, 3.63) is 59.7 Å². The molecule has 0 spiro atoms. The van der Waals surface area contributed by atoms with E-state index in [2.05, 4.69) is 31.0 Å². The van der Waals surface area contributed by atoms with Gasteiger partial charge in [0.1, 0.15) is 0 Å². The molecule has 0 radical (unpaired) electrons. The summed E-state index contributed by atoms with van der Waals surface area (Å²) in [6.45, 7) is 9.55. The summed E-state index contributed by atoms with van der Waals surface area (Å²) >= 11 is 0. The van der Waals surface area contributed by atoms with E-state index in [0.29, 0.717) is 5.56 Å². The van der Waals surface area contributed by atoms with Gasteiger partial charge in [0, 0.05) is 42.9 Å². The molecule has 1 N–H and O–H groups in total. The SMILES string of the molecule is CC(C)(C)c1ccc(C(=O)CCC(=O)Nc2cccc(N3CCOCC3)c2)cc1. The van der Waals surface area contributed by atoms with Crippen LogP contribution in [0.2, 0.25) is 0 Å². The van der Waals surface area contributed by atoms with Crippen LogP contribution in [0.1, 0.15) is 49.5 Å². The number of hydrogen-bond donors (Lipinski definition) is 1. The highest BCUT2D eigenvalue weighted by Crippen LogP contribution is 2.23. The average molecular weight is 395 g/mol. The number of carbonyl (C=O) groups excluding carboxylic acids is 2. The highest BCUT2D eigenvalue weighted by atomic mass is 16.5. The van der Waals surface area contributed by atoms with E-state index in [9.17, 15) is 9.59 Å². The van der Waals surface area contributed by atoms with Crippen LogP contribution >= 0.6 is 0 Å². The van der Waals surface area contributed by atoms with Crippen molar-refractivity contribution in [2.45, 2.75) is 39.0 Å². The third kappa shape index (κ3) is 5.91. The number of ketones is 1. The summed E-state index contributed by atoms with van der Waals surface area (Å²) in [4.78, 5) is 27.0. The zero-order valence-electron chi connectivity index (χ0n) is 17.5.